The number of rotatable bonds is 3. The molecule has 2 aromatic rings. The number of amides is 1. The molecule has 0 radical (unpaired) electrons. The van der Waals surface area contributed by atoms with Crippen molar-refractivity contribution in [2.75, 3.05) is 24.5 Å². The molecule has 1 amide bonds. The van der Waals surface area contributed by atoms with Gasteiger partial charge in [-0.1, -0.05) is 30.3 Å². The Morgan fingerprint density at radius 3 is 2.73 bits per heavy atom. The molecule has 2 saturated heterocycles. The number of hydrogen-bond donors (Lipinski definition) is 0. The summed E-state index contributed by atoms with van der Waals surface area (Å²) >= 11 is 0. The number of pyridine rings is 1. The third kappa shape index (κ3) is 3.43. The van der Waals surface area contributed by atoms with Gasteiger partial charge in [-0.25, -0.2) is 9.37 Å². The number of aromatic nitrogens is 1. The second-order valence-electron chi connectivity index (χ2n) is 7.57. The van der Waals surface area contributed by atoms with Crippen LogP contribution >= 0.6 is 0 Å². The fourth-order valence-electron chi connectivity index (χ4n) is 4.38. The van der Waals surface area contributed by atoms with Gasteiger partial charge in [0.05, 0.1) is 0 Å². The molecule has 2 aliphatic rings. The van der Waals surface area contributed by atoms with Gasteiger partial charge in [-0.3, -0.25) is 4.79 Å². The van der Waals surface area contributed by atoms with Crippen LogP contribution in [0.3, 0.4) is 0 Å². The van der Waals surface area contributed by atoms with Gasteiger partial charge in [0.15, 0.2) is 11.6 Å². The van der Waals surface area contributed by atoms with E-state index in [0.717, 1.165) is 44.5 Å². The molecule has 0 saturated carbocycles. The molecule has 5 heteroatoms. The number of hydrogen-bond acceptors (Lipinski definition) is 3. The fourth-order valence-corrected chi connectivity index (χ4v) is 4.38. The molecule has 1 atom stereocenters. The fraction of sp³-hybridized carbons (Fsp3) is 0.429. The minimum atomic E-state index is -0.266. The predicted molar refractivity (Wildman–Crippen MR) is 99.2 cm³/mol. The van der Waals surface area contributed by atoms with Crippen molar-refractivity contribution in [3.05, 3.63) is 60.0 Å². The van der Waals surface area contributed by atoms with Crippen molar-refractivity contribution in [1.82, 2.24) is 9.88 Å². The topological polar surface area (TPSA) is 36.4 Å². The van der Waals surface area contributed by atoms with Crippen LogP contribution in [0.1, 0.15) is 31.2 Å². The normalized spacial score (nSPS) is 23.5. The highest BCUT2D eigenvalue weighted by Gasteiger charge is 2.42. The maximum Gasteiger partial charge on any atom is 0.222 e. The van der Waals surface area contributed by atoms with E-state index in [1.54, 1.807) is 12.3 Å². The molecule has 1 aromatic heterocycles. The van der Waals surface area contributed by atoms with Crippen molar-refractivity contribution in [2.24, 2.45) is 5.41 Å². The second-order valence-corrected chi connectivity index (χ2v) is 7.57. The standard InChI is InChI=1S/C21H24FN3O/c22-18-8-4-12-23-20(18)24-13-5-10-21(15-24)11-9-19(26)25(16-21)14-17-6-2-1-3-7-17/h1-4,6-8,12H,5,9-11,13-16H2/t21-/m0/s1. The summed E-state index contributed by atoms with van der Waals surface area (Å²) in [6, 6.07) is 13.2. The van der Waals surface area contributed by atoms with Gasteiger partial charge in [-0.05, 0) is 37.0 Å². The van der Waals surface area contributed by atoms with Crippen molar-refractivity contribution in [2.45, 2.75) is 32.2 Å². The maximum atomic E-state index is 14.2. The van der Waals surface area contributed by atoms with Gasteiger partial charge in [-0.2, -0.15) is 0 Å². The van der Waals surface area contributed by atoms with E-state index in [0.29, 0.717) is 18.8 Å². The van der Waals surface area contributed by atoms with Gasteiger partial charge in [0.1, 0.15) is 0 Å². The Balaban J connectivity index is 1.52. The Bertz CT molecular complexity index is 782. The van der Waals surface area contributed by atoms with Crippen LogP contribution in [0, 0.1) is 11.2 Å². The Morgan fingerprint density at radius 2 is 1.92 bits per heavy atom. The van der Waals surface area contributed by atoms with Crippen molar-refractivity contribution in [1.29, 1.82) is 0 Å². The van der Waals surface area contributed by atoms with Gasteiger partial charge in [0, 0.05) is 44.2 Å². The minimum Gasteiger partial charge on any atom is -0.354 e. The molecule has 1 aromatic carbocycles. The van der Waals surface area contributed by atoms with Gasteiger partial charge in [0.25, 0.3) is 0 Å². The SMILES string of the molecule is O=C1CC[C@]2(CCCN(c3ncccc3F)C2)CN1Cc1ccccc1. The van der Waals surface area contributed by atoms with Crippen LogP contribution in [-0.4, -0.2) is 35.4 Å². The quantitative estimate of drug-likeness (QED) is 0.845. The zero-order valence-electron chi connectivity index (χ0n) is 14.9. The van der Waals surface area contributed by atoms with Crippen LogP contribution in [0.4, 0.5) is 10.2 Å². The molecule has 0 unspecified atom stereocenters. The highest BCUT2D eigenvalue weighted by atomic mass is 19.1. The van der Waals surface area contributed by atoms with Crippen LogP contribution in [0.25, 0.3) is 0 Å². The number of likely N-dealkylation sites (tertiary alicyclic amines) is 1. The lowest BCUT2D eigenvalue weighted by Gasteiger charge is -2.48. The molecule has 1 spiro atoms. The van der Waals surface area contributed by atoms with Gasteiger partial charge < -0.3 is 9.80 Å². The van der Waals surface area contributed by atoms with Gasteiger partial charge >= 0.3 is 0 Å². The van der Waals surface area contributed by atoms with Crippen molar-refractivity contribution < 1.29 is 9.18 Å². The number of carbonyl (C=O) groups excluding carboxylic acids is 1. The Morgan fingerprint density at radius 1 is 1.08 bits per heavy atom. The van der Waals surface area contributed by atoms with Crippen LogP contribution < -0.4 is 4.90 Å². The molecule has 4 rings (SSSR count). The molecule has 0 bridgehead atoms. The number of piperidine rings is 2. The first-order valence-electron chi connectivity index (χ1n) is 9.32. The van der Waals surface area contributed by atoms with Crippen LogP contribution in [-0.2, 0) is 11.3 Å². The zero-order valence-corrected chi connectivity index (χ0v) is 14.9. The molecule has 26 heavy (non-hydrogen) atoms. The van der Waals surface area contributed by atoms with E-state index in [1.165, 1.54) is 6.07 Å². The van der Waals surface area contributed by atoms with Crippen molar-refractivity contribution >= 4 is 11.7 Å². The zero-order chi connectivity index (χ0) is 18.0. The number of nitrogens with zero attached hydrogens (tertiary/aromatic N) is 3. The highest BCUT2D eigenvalue weighted by Crippen LogP contribution is 2.40. The van der Waals surface area contributed by atoms with Crippen LogP contribution in [0.5, 0.6) is 0 Å². The van der Waals surface area contributed by atoms with E-state index in [4.69, 9.17) is 0 Å². The van der Waals surface area contributed by atoms with E-state index < -0.39 is 0 Å². The Kier molecular flexibility index (Phi) is 4.62. The molecule has 3 heterocycles. The Labute approximate surface area is 153 Å². The lowest BCUT2D eigenvalue weighted by molar-refractivity contribution is -0.138. The maximum absolute atomic E-state index is 14.2. The number of carbonyl (C=O) groups is 1. The monoisotopic (exact) mass is 353 g/mol. The number of anilines is 1. The first kappa shape index (κ1) is 17.0. The smallest absolute Gasteiger partial charge is 0.222 e. The lowest BCUT2D eigenvalue weighted by atomic mass is 9.73. The van der Waals surface area contributed by atoms with Crippen LogP contribution in [0.15, 0.2) is 48.7 Å². The van der Waals surface area contributed by atoms with E-state index in [1.807, 2.05) is 23.1 Å². The van der Waals surface area contributed by atoms with E-state index >= 15 is 0 Å². The molecular formula is C21H24FN3O. The molecule has 4 nitrogen and oxygen atoms in total. The second kappa shape index (κ2) is 7.06. The summed E-state index contributed by atoms with van der Waals surface area (Å²) < 4.78 is 14.2. The van der Waals surface area contributed by atoms with Crippen molar-refractivity contribution in [3.8, 4) is 0 Å². The Hall–Kier alpha value is -2.43. The molecule has 2 aliphatic heterocycles. The van der Waals surface area contributed by atoms with Gasteiger partial charge in [0.2, 0.25) is 5.91 Å². The highest BCUT2D eigenvalue weighted by molar-refractivity contribution is 5.77. The average Bonchev–Trinajstić information content (AvgIpc) is 2.66. The summed E-state index contributed by atoms with van der Waals surface area (Å²) in [5.74, 6) is 0.399. The predicted octanol–water partition coefficient (Wildman–Crippen LogP) is 3.63. The van der Waals surface area contributed by atoms with E-state index in [2.05, 4.69) is 22.0 Å². The molecule has 2 fully saturated rings. The average molecular weight is 353 g/mol. The van der Waals surface area contributed by atoms with E-state index in [9.17, 15) is 9.18 Å². The first-order valence-corrected chi connectivity index (χ1v) is 9.32. The van der Waals surface area contributed by atoms with Crippen molar-refractivity contribution in [3.63, 3.8) is 0 Å². The number of halogens is 1. The molecule has 0 N–H and O–H groups in total. The lowest BCUT2D eigenvalue weighted by Crippen LogP contribution is -2.54. The molecule has 0 aliphatic carbocycles. The summed E-state index contributed by atoms with van der Waals surface area (Å²) in [6.07, 6.45) is 5.18. The number of benzene rings is 1. The molecular weight excluding hydrogens is 329 g/mol. The third-order valence-electron chi connectivity index (χ3n) is 5.66. The van der Waals surface area contributed by atoms with Crippen LogP contribution in [0.2, 0.25) is 0 Å². The summed E-state index contributed by atoms with van der Waals surface area (Å²) in [6.45, 7) is 2.98. The first-order chi connectivity index (χ1) is 12.7. The summed E-state index contributed by atoms with van der Waals surface area (Å²) in [7, 11) is 0. The third-order valence-corrected chi connectivity index (χ3v) is 5.66. The summed E-state index contributed by atoms with van der Waals surface area (Å²) in [4.78, 5) is 20.8. The molecule has 136 valence electrons. The van der Waals surface area contributed by atoms with Gasteiger partial charge in [-0.15, -0.1) is 0 Å². The summed E-state index contributed by atoms with van der Waals surface area (Å²) in [5, 5.41) is 0. The minimum absolute atomic E-state index is 0.0326. The summed E-state index contributed by atoms with van der Waals surface area (Å²) in [5.41, 5.74) is 1.19. The van der Waals surface area contributed by atoms with E-state index in [-0.39, 0.29) is 17.1 Å². The largest absolute Gasteiger partial charge is 0.354 e.